The number of thioether (sulfide) groups is 1. The second kappa shape index (κ2) is 6.63. The highest BCUT2D eigenvalue weighted by Crippen LogP contribution is 2.30. The van der Waals surface area contributed by atoms with Crippen LogP contribution in [0.15, 0.2) is 40.4 Å². The molecule has 0 unspecified atom stereocenters. The lowest BCUT2D eigenvalue weighted by atomic mass is 10.3. The minimum Gasteiger partial charge on any atom is -0.437 e. The van der Waals surface area contributed by atoms with Crippen LogP contribution >= 0.6 is 24.2 Å². The fourth-order valence-electron chi connectivity index (χ4n) is 1.78. The summed E-state index contributed by atoms with van der Waals surface area (Å²) >= 11 is 1.52. The van der Waals surface area contributed by atoms with Crippen LogP contribution in [0.3, 0.4) is 0 Å². The molecule has 0 amide bonds. The molecule has 2 heterocycles. The number of rotatable bonds is 3. The standard InChI is InChI=1S/C13H11N5O2S.ClH/c1-21-9-4-7(2-3-8(9)14)20-13-11-12(16-6-17-13)18-10(19)5-15-11;/h2-6H,14H2,1H3,(H,16,17,18,19);1H. The van der Waals surface area contributed by atoms with Gasteiger partial charge in [-0.3, -0.25) is 4.79 Å². The third-order valence-electron chi connectivity index (χ3n) is 2.76. The number of aromatic amines is 1. The molecule has 114 valence electrons. The summed E-state index contributed by atoms with van der Waals surface area (Å²) in [4.78, 5) is 26.7. The molecule has 3 rings (SSSR count). The van der Waals surface area contributed by atoms with E-state index in [9.17, 15) is 4.79 Å². The molecule has 1 aromatic carbocycles. The highest BCUT2D eigenvalue weighted by Gasteiger charge is 2.09. The van der Waals surface area contributed by atoms with E-state index < -0.39 is 0 Å². The molecule has 0 atom stereocenters. The van der Waals surface area contributed by atoms with Gasteiger partial charge in [0.05, 0.1) is 6.20 Å². The van der Waals surface area contributed by atoms with Gasteiger partial charge in [-0.05, 0) is 24.5 Å². The van der Waals surface area contributed by atoms with Crippen LogP contribution in [0.1, 0.15) is 0 Å². The minimum absolute atomic E-state index is 0. The number of fused-ring (bicyclic) bond motifs is 1. The molecular formula is C13H12ClN5O2S. The largest absolute Gasteiger partial charge is 0.437 e. The van der Waals surface area contributed by atoms with Gasteiger partial charge >= 0.3 is 0 Å². The second-order valence-corrected chi connectivity index (χ2v) is 4.98. The third-order valence-corrected chi connectivity index (χ3v) is 3.55. The van der Waals surface area contributed by atoms with Gasteiger partial charge in [-0.1, -0.05) is 0 Å². The average Bonchev–Trinajstić information content (AvgIpc) is 2.49. The lowest BCUT2D eigenvalue weighted by Gasteiger charge is -2.08. The quantitative estimate of drug-likeness (QED) is 0.557. The molecule has 0 aliphatic rings. The van der Waals surface area contributed by atoms with Gasteiger partial charge in [0.2, 0.25) is 0 Å². The normalized spacial score (nSPS) is 10.2. The Morgan fingerprint density at radius 2 is 2.09 bits per heavy atom. The maximum atomic E-state index is 11.2. The molecule has 0 saturated heterocycles. The Morgan fingerprint density at radius 1 is 1.27 bits per heavy atom. The summed E-state index contributed by atoms with van der Waals surface area (Å²) in [7, 11) is 0. The zero-order valence-corrected chi connectivity index (χ0v) is 13.1. The number of anilines is 1. The van der Waals surface area contributed by atoms with Crippen LogP contribution in [-0.4, -0.2) is 26.2 Å². The van der Waals surface area contributed by atoms with E-state index in [1.807, 2.05) is 12.3 Å². The number of H-pyrrole nitrogens is 1. The molecule has 0 aliphatic heterocycles. The third kappa shape index (κ3) is 3.12. The molecule has 3 aromatic rings. The zero-order chi connectivity index (χ0) is 14.8. The Balaban J connectivity index is 0.00000176. The molecule has 3 N–H and O–H groups in total. The summed E-state index contributed by atoms with van der Waals surface area (Å²) in [6.07, 6.45) is 4.40. The van der Waals surface area contributed by atoms with E-state index in [0.717, 1.165) is 11.1 Å². The summed E-state index contributed by atoms with van der Waals surface area (Å²) in [6, 6.07) is 5.33. The highest BCUT2D eigenvalue weighted by molar-refractivity contribution is 7.98. The van der Waals surface area contributed by atoms with Crippen molar-refractivity contribution in [3.63, 3.8) is 0 Å². The van der Waals surface area contributed by atoms with Crippen LogP contribution < -0.4 is 16.0 Å². The highest BCUT2D eigenvalue weighted by atomic mass is 35.5. The molecule has 0 saturated carbocycles. The second-order valence-electron chi connectivity index (χ2n) is 4.13. The van der Waals surface area contributed by atoms with Crippen molar-refractivity contribution in [2.45, 2.75) is 4.90 Å². The molecule has 0 fully saturated rings. The maximum Gasteiger partial charge on any atom is 0.268 e. The van der Waals surface area contributed by atoms with Gasteiger partial charge < -0.3 is 15.5 Å². The van der Waals surface area contributed by atoms with Gasteiger partial charge in [0.25, 0.3) is 11.4 Å². The summed E-state index contributed by atoms with van der Waals surface area (Å²) in [6.45, 7) is 0. The maximum absolute atomic E-state index is 11.2. The average molecular weight is 338 g/mol. The molecule has 9 heteroatoms. The smallest absolute Gasteiger partial charge is 0.268 e. The first kappa shape index (κ1) is 16.1. The topological polar surface area (TPSA) is 107 Å². The van der Waals surface area contributed by atoms with Crippen molar-refractivity contribution in [3.05, 3.63) is 41.1 Å². The number of halogens is 1. The first-order valence-corrected chi connectivity index (χ1v) is 7.21. The molecular weight excluding hydrogens is 326 g/mol. The number of nitrogens with one attached hydrogen (secondary N) is 1. The predicted molar refractivity (Wildman–Crippen MR) is 87.9 cm³/mol. The number of hydrogen-bond acceptors (Lipinski definition) is 7. The number of nitrogens with zero attached hydrogens (tertiary/aromatic N) is 3. The van der Waals surface area contributed by atoms with Crippen LogP contribution in [0.4, 0.5) is 5.69 Å². The van der Waals surface area contributed by atoms with Crippen LogP contribution in [-0.2, 0) is 0 Å². The predicted octanol–water partition coefficient (Wildman–Crippen LogP) is 2.23. The number of hydrogen-bond donors (Lipinski definition) is 2. The van der Waals surface area contributed by atoms with Crippen molar-refractivity contribution in [2.24, 2.45) is 0 Å². The number of nitrogen functional groups attached to an aromatic ring is 1. The SMILES string of the molecule is CSc1cc(Oc2ncnc3[nH]c(=O)cnc23)ccc1N.Cl. The lowest BCUT2D eigenvalue weighted by Crippen LogP contribution is -2.07. The van der Waals surface area contributed by atoms with E-state index >= 15 is 0 Å². The van der Waals surface area contributed by atoms with Crippen molar-refractivity contribution in [3.8, 4) is 11.6 Å². The first-order valence-electron chi connectivity index (χ1n) is 5.99. The lowest BCUT2D eigenvalue weighted by molar-refractivity contribution is 0.465. The van der Waals surface area contributed by atoms with Crippen LogP contribution in [0.25, 0.3) is 11.2 Å². The summed E-state index contributed by atoms with van der Waals surface area (Å²) in [5.74, 6) is 0.856. The van der Waals surface area contributed by atoms with Crippen molar-refractivity contribution in [1.29, 1.82) is 0 Å². The van der Waals surface area contributed by atoms with Crippen molar-refractivity contribution in [1.82, 2.24) is 19.9 Å². The van der Waals surface area contributed by atoms with E-state index in [-0.39, 0.29) is 23.8 Å². The van der Waals surface area contributed by atoms with E-state index in [1.54, 1.807) is 12.1 Å². The van der Waals surface area contributed by atoms with Gasteiger partial charge in [0.15, 0.2) is 11.2 Å². The van der Waals surface area contributed by atoms with E-state index in [2.05, 4.69) is 19.9 Å². The van der Waals surface area contributed by atoms with E-state index in [1.165, 1.54) is 18.1 Å². The van der Waals surface area contributed by atoms with E-state index in [0.29, 0.717) is 22.6 Å². The number of ether oxygens (including phenoxy) is 1. The zero-order valence-electron chi connectivity index (χ0n) is 11.4. The Kier molecular flexibility index (Phi) is 4.84. The molecule has 22 heavy (non-hydrogen) atoms. The van der Waals surface area contributed by atoms with Gasteiger partial charge in [-0.2, -0.15) is 4.98 Å². The number of aromatic nitrogens is 4. The molecule has 0 bridgehead atoms. The fraction of sp³-hybridized carbons (Fsp3) is 0.0769. The molecule has 0 spiro atoms. The van der Waals surface area contributed by atoms with E-state index in [4.69, 9.17) is 10.5 Å². The van der Waals surface area contributed by atoms with Gasteiger partial charge in [0.1, 0.15) is 12.1 Å². The number of nitrogens with two attached hydrogens (primary N) is 1. The minimum atomic E-state index is -0.329. The Morgan fingerprint density at radius 3 is 2.86 bits per heavy atom. The van der Waals surface area contributed by atoms with Crippen LogP contribution in [0.5, 0.6) is 11.6 Å². The van der Waals surface area contributed by atoms with Crippen molar-refractivity contribution >= 4 is 41.0 Å². The summed E-state index contributed by atoms with van der Waals surface area (Å²) in [5.41, 5.74) is 6.92. The summed E-state index contributed by atoms with van der Waals surface area (Å²) < 4.78 is 5.72. The molecule has 7 nitrogen and oxygen atoms in total. The Labute approximate surface area is 135 Å². The Hall–Kier alpha value is -2.32. The van der Waals surface area contributed by atoms with Crippen LogP contribution in [0, 0.1) is 0 Å². The van der Waals surface area contributed by atoms with Crippen molar-refractivity contribution < 1.29 is 4.74 Å². The summed E-state index contributed by atoms with van der Waals surface area (Å²) in [5, 5.41) is 0. The van der Waals surface area contributed by atoms with Gasteiger partial charge in [-0.25, -0.2) is 9.97 Å². The first-order chi connectivity index (χ1) is 10.2. The fourth-order valence-corrected chi connectivity index (χ4v) is 2.32. The Bertz CT molecular complexity index is 870. The monoisotopic (exact) mass is 337 g/mol. The van der Waals surface area contributed by atoms with Crippen LogP contribution in [0.2, 0.25) is 0 Å². The molecule has 0 aliphatic carbocycles. The van der Waals surface area contributed by atoms with Crippen molar-refractivity contribution in [2.75, 3.05) is 12.0 Å². The molecule has 0 radical (unpaired) electrons. The van der Waals surface area contributed by atoms with Gasteiger partial charge in [-0.15, -0.1) is 24.2 Å². The number of benzene rings is 1. The molecule has 2 aromatic heterocycles. The van der Waals surface area contributed by atoms with Gasteiger partial charge in [0, 0.05) is 10.6 Å².